The minimum absolute atomic E-state index is 0.0159. The van der Waals surface area contributed by atoms with Gasteiger partial charge in [-0.05, 0) is 25.7 Å². The molecule has 0 bridgehead atoms. The second-order valence-corrected chi connectivity index (χ2v) is 5.28. The summed E-state index contributed by atoms with van der Waals surface area (Å²) < 4.78 is 0. The molecule has 2 aliphatic rings. The number of hydrogen-bond donors (Lipinski definition) is 2. The van der Waals surface area contributed by atoms with Crippen molar-refractivity contribution in [1.82, 2.24) is 10.2 Å². The number of carbonyl (C=O) groups is 1. The van der Waals surface area contributed by atoms with Crippen LogP contribution in [0.2, 0.25) is 0 Å². The lowest BCUT2D eigenvalue weighted by Gasteiger charge is -2.28. The number of hydrogen-bond acceptors (Lipinski definition) is 2. The Hall–Kier alpha value is -0.840. The average molecular weight is 241 g/mol. The highest BCUT2D eigenvalue weighted by Gasteiger charge is 2.30. The van der Waals surface area contributed by atoms with Gasteiger partial charge in [0.1, 0.15) is 0 Å². The van der Waals surface area contributed by atoms with Crippen LogP contribution in [-0.2, 0) is 0 Å². The number of thiocarbonyl (C=S) groups is 1. The summed E-state index contributed by atoms with van der Waals surface area (Å²) in [5, 5.41) is 3.01. The zero-order valence-electron chi connectivity index (χ0n) is 9.45. The Labute approximate surface area is 102 Å². The van der Waals surface area contributed by atoms with E-state index in [1.807, 2.05) is 4.90 Å². The minimum atomic E-state index is 0.0159. The lowest BCUT2D eigenvalue weighted by Crippen LogP contribution is -2.49. The number of nitrogens with zero attached hydrogens (tertiary/aromatic N) is 1. The molecular weight excluding hydrogens is 222 g/mol. The Bertz CT molecular complexity index is 285. The molecule has 2 saturated carbocycles. The summed E-state index contributed by atoms with van der Waals surface area (Å²) in [6, 6.07) is 0.741. The van der Waals surface area contributed by atoms with Crippen LogP contribution in [0.5, 0.6) is 0 Å². The van der Waals surface area contributed by atoms with Crippen LogP contribution in [0.4, 0.5) is 4.79 Å². The highest BCUT2D eigenvalue weighted by molar-refractivity contribution is 7.80. The molecule has 4 nitrogen and oxygen atoms in total. The number of carbonyl (C=O) groups excluding carboxylic acids is 1. The molecule has 16 heavy (non-hydrogen) atoms. The monoisotopic (exact) mass is 241 g/mol. The summed E-state index contributed by atoms with van der Waals surface area (Å²) in [4.78, 5) is 14.2. The van der Waals surface area contributed by atoms with Crippen molar-refractivity contribution in [2.75, 3.05) is 6.54 Å². The number of nitrogens with one attached hydrogen (secondary N) is 1. The van der Waals surface area contributed by atoms with E-state index in [1.54, 1.807) is 0 Å². The normalized spacial score (nSPS) is 20.8. The van der Waals surface area contributed by atoms with Crippen molar-refractivity contribution in [3.63, 3.8) is 0 Å². The van der Waals surface area contributed by atoms with Crippen molar-refractivity contribution in [2.24, 2.45) is 5.73 Å². The molecule has 0 aromatic rings. The first-order valence-electron chi connectivity index (χ1n) is 6.02. The van der Waals surface area contributed by atoms with E-state index >= 15 is 0 Å². The van der Waals surface area contributed by atoms with Gasteiger partial charge in [0.25, 0.3) is 0 Å². The second-order valence-electron chi connectivity index (χ2n) is 4.76. The highest BCUT2D eigenvalue weighted by Crippen LogP contribution is 2.25. The molecule has 0 aromatic carbocycles. The predicted octanol–water partition coefficient (Wildman–Crippen LogP) is 1.39. The molecule has 90 valence electrons. The topological polar surface area (TPSA) is 58.4 Å². The molecule has 2 aliphatic carbocycles. The largest absolute Gasteiger partial charge is 0.392 e. The van der Waals surface area contributed by atoms with Crippen LogP contribution in [0.1, 0.15) is 38.5 Å². The summed E-state index contributed by atoms with van der Waals surface area (Å²) >= 11 is 4.91. The Morgan fingerprint density at radius 2 is 1.94 bits per heavy atom. The quantitative estimate of drug-likeness (QED) is 0.731. The summed E-state index contributed by atoms with van der Waals surface area (Å²) in [5.41, 5.74) is 5.55. The van der Waals surface area contributed by atoms with Crippen LogP contribution in [0.15, 0.2) is 0 Å². The number of nitrogens with two attached hydrogens (primary N) is 1. The Balaban J connectivity index is 1.93. The van der Waals surface area contributed by atoms with E-state index in [1.165, 1.54) is 12.8 Å². The van der Waals surface area contributed by atoms with Crippen molar-refractivity contribution >= 4 is 23.2 Å². The van der Waals surface area contributed by atoms with E-state index in [2.05, 4.69) is 5.32 Å². The standard InChI is InChI=1S/C11H19N3OS/c12-10(16)7-14(9-3-1-2-4-9)11(15)13-8-5-6-8/h8-9H,1-7H2,(H2,12,16)(H,13,15). The van der Waals surface area contributed by atoms with Gasteiger partial charge in [-0.2, -0.15) is 0 Å². The Kier molecular flexibility index (Phi) is 3.63. The molecule has 0 heterocycles. The van der Waals surface area contributed by atoms with Crippen LogP contribution in [0.25, 0.3) is 0 Å². The van der Waals surface area contributed by atoms with Crippen molar-refractivity contribution in [3.8, 4) is 0 Å². The smallest absolute Gasteiger partial charge is 0.318 e. The molecule has 0 atom stereocenters. The molecule has 5 heteroatoms. The van der Waals surface area contributed by atoms with Gasteiger partial charge < -0.3 is 16.0 Å². The molecule has 0 radical (unpaired) electrons. The number of amides is 2. The molecule has 0 saturated heterocycles. The Morgan fingerprint density at radius 1 is 1.31 bits per heavy atom. The van der Waals surface area contributed by atoms with Crippen LogP contribution >= 0.6 is 12.2 Å². The molecular formula is C11H19N3OS. The summed E-state index contributed by atoms with van der Waals surface area (Å²) in [7, 11) is 0. The maximum absolute atomic E-state index is 12.0. The van der Waals surface area contributed by atoms with Gasteiger partial charge in [-0.25, -0.2) is 4.79 Å². The fraction of sp³-hybridized carbons (Fsp3) is 0.818. The van der Waals surface area contributed by atoms with Gasteiger partial charge in [0.15, 0.2) is 0 Å². The molecule has 0 unspecified atom stereocenters. The SMILES string of the molecule is NC(=S)CN(C(=O)NC1CC1)C1CCCC1. The maximum atomic E-state index is 12.0. The third kappa shape index (κ3) is 3.07. The van der Waals surface area contributed by atoms with Crippen LogP contribution < -0.4 is 11.1 Å². The van der Waals surface area contributed by atoms with Crippen LogP contribution in [0, 0.1) is 0 Å². The lowest BCUT2D eigenvalue weighted by molar-refractivity contribution is 0.185. The van der Waals surface area contributed by atoms with E-state index in [-0.39, 0.29) is 6.03 Å². The number of urea groups is 1. The van der Waals surface area contributed by atoms with Crippen molar-refractivity contribution < 1.29 is 4.79 Å². The van der Waals surface area contributed by atoms with Gasteiger partial charge in [-0.15, -0.1) is 0 Å². The Morgan fingerprint density at radius 3 is 2.44 bits per heavy atom. The third-order valence-electron chi connectivity index (χ3n) is 3.26. The van der Waals surface area contributed by atoms with Gasteiger partial charge in [0.05, 0.1) is 11.5 Å². The fourth-order valence-corrected chi connectivity index (χ4v) is 2.37. The summed E-state index contributed by atoms with van der Waals surface area (Å²) in [6.45, 7) is 0.415. The average Bonchev–Trinajstić information content (AvgIpc) is 2.87. The molecule has 2 rings (SSSR count). The van der Waals surface area contributed by atoms with E-state index in [4.69, 9.17) is 18.0 Å². The fourth-order valence-electron chi connectivity index (χ4n) is 2.24. The first-order chi connectivity index (χ1) is 7.66. The van der Waals surface area contributed by atoms with Gasteiger partial charge in [-0.3, -0.25) is 0 Å². The van der Waals surface area contributed by atoms with Crippen molar-refractivity contribution in [2.45, 2.75) is 50.6 Å². The zero-order valence-corrected chi connectivity index (χ0v) is 10.3. The van der Waals surface area contributed by atoms with Gasteiger partial charge in [0, 0.05) is 12.1 Å². The van der Waals surface area contributed by atoms with E-state index in [9.17, 15) is 4.79 Å². The molecule has 0 aliphatic heterocycles. The van der Waals surface area contributed by atoms with Gasteiger partial charge in [-0.1, -0.05) is 25.1 Å². The molecule has 2 amide bonds. The van der Waals surface area contributed by atoms with Gasteiger partial charge in [0.2, 0.25) is 0 Å². The minimum Gasteiger partial charge on any atom is -0.392 e. The van der Waals surface area contributed by atoms with Crippen LogP contribution in [-0.4, -0.2) is 34.5 Å². The molecule has 3 N–H and O–H groups in total. The first-order valence-corrected chi connectivity index (χ1v) is 6.43. The lowest BCUT2D eigenvalue weighted by atomic mass is 10.2. The third-order valence-corrected chi connectivity index (χ3v) is 3.39. The highest BCUT2D eigenvalue weighted by atomic mass is 32.1. The van der Waals surface area contributed by atoms with Crippen LogP contribution in [0.3, 0.4) is 0 Å². The molecule has 0 aromatic heterocycles. The van der Waals surface area contributed by atoms with Crippen molar-refractivity contribution in [3.05, 3.63) is 0 Å². The summed E-state index contributed by atoms with van der Waals surface area (Å²) in [6.07, 6.45) is 6.79. The van der Waals surface area contributed by atoms with E-state index in [0.29, 0.717) is 23.6 Å². The zero-order chi connectivity index (χ0) is 11.5. The molecule has 0 spiro atoms. The van der Waals surface area contributed by atoms with E-state index in [0.717, 1.165) is 25.7 Å². The molecule has 2 fully saturated rings. The maximum Gasteiger partial charge on any atom is 0.318 e. The first kappa shape index (κ1) is 11.6. The van der Waals surface area contributed by atoms with E-state index < -0.39 is 0 Å². The van der Waals surface area contributed by atoms with Crippen molar-refractivity contribution in [1.29, 1.82) is 0 Å². The van der Waals surface area contributed by atoms with Gasteiger partial charge >= 0.3 is 6.03 Å². The summed E-state index contributed by atoms with van der Waals surface area (Å²) in [5.74, 6) is 0. The number of rotatable bonds is 4. The second kappa shape index (κ2) is 4.99. The predicted molar refractivity (Wildman–Crippen MR) is 67.3 cm³/mol.